The molecular formula is C18H20ClNO5S. The van der Waals surface area contributed by atoms with E-state index in [2.05, 4.69) is 4.72 Å². The number of hydrogen-bond donors (Lipinski definition) is 1. The third-order valence-corrected chi connectivity index (χ3v) is 5.46. The zero-order valence-electron chi connectivity index (χ0n) is 14.7. The molecule has 0 aromatic heterocycles. The van der Waals surface area contributed by atoms with Crippen molar-refractivity contribution in [2.45, 2.75) is 25.3 Å². The van der Waals surface area contributed by atoms with Gasteiger partial charge in [0.15, 0.2) is 0 Å². The molecule has 0 spiro atoms. The third kappa shape index (κ3) is 5.20. The highest BCUT2D eigenvalue weighted by Gasteiger charge is 2.17. The minimum Gasteiger partial charge on any atom is -0.496 e. The molecule has 2 aromatic carbocycles. The second kappa shape index (κ2) is 8.53. The van der Waals surface area contributed by atoms with Gasteiger partial charge in [0.05, 0.1) is 12.0 Å². The van der Waals surface area contributed by atoms with Crippen LogP contribution in [-0.2, 0) is 26.2 Å². The Hall–Kier alpha value is -2.09. The number of benzene rings is 2. The predicted octanol–water partition coefficient (Wildman–Crippen LogP) is 2.99. The monoisotopic (exact) mass is 397 g/mol. The SMILES string of the molecule is COc1ccc(Cl)cc1COC(=O)CNS(=O)(=O)c1ccc(C)c(C)c1. The van der Waals surface area contributed by atoms with Gasteiger partial charge in [0.2, 0.25) is 10.0 Å². The van der Waals surface area contributed by atoms with Gasteiger partial charge in [0.1, 0.15) is 18.9 Å². The summed E-state index contributed by atoms with van der Waals surface area (Å²) in [5.41, 5.74) is 2.42. The average molecular weight is 398 g/mol. The minimum absolute atomic E-state index is 0.0755. The fraction of sp³-hybridized carbons (Fsp3) is 0.278. The lowest BCUT2D eigenvalue weighted by molar-refractivity contribution is -0.143. The van der Waals surface area contributed by atoms with Crippen molar-refractivity contribution in [2.75, 3.05) is 13.7 Å². The zero-order chi connectivity index (χ0) is 19.3. The molecular weight excluding hydrogens is 378 g/mol. The number of methoxy groups -OCH3 is 1. The highest BCUT2D eigenvalue weighted by molar-refractivity contribution is 7.89. The second-order valence-electron chi connectivity index (χ2n) is 5.69. The number of aryl methyl sites for hydroxylation is 2. The Morgan fingerprint density at radius 1 is 1.12 bits per heavy atom. The normalized spacial score (nSPS) is 11.2. The smallest absolute Gasteiger partial charge is 0.321 e. The van der Waals surface area contributed by atoms with E-state index in [1.54, 1.807) is 30.3 Å². The Morgan fingerprint density at radius 2 is 1.85 bits per heavy atom. The van der Waals surface area contributed by atoms with E-state index < -0.39 is 22.5 Å². The Labute approximate surface area is 158 Å². The third-order valence-electron chi connectivity index (χ3n) is 3.83. The van der Waals surface area contributed by atoms with Crippen LogP contribution in [0.25, 0.3) is 0 Å². The Bertz CT molecular complexity index is 912. The largest absolute Gasteiger partial charge is 0.496 e. The molecule has 0 aliphatic carbocycles. The topological polar surface area (TPSA) is 81.7 Å². The zero-order valence-corrected chi connectivity index (χ0v) is 16.3. The Morgan fingerprint density at radius 3 is 2.50 bits per heavy atom. The quantitative estimate of drug-likeness (QED) is 0.726. The minimum atomic E-state index is -3.79. The maximum Gasteiger partial charge on any atom is 0.321 e. The van der Waals surface area contributed by atoms with Crippen molar-refractivity contribution in [3.8, 4) is 5.75 Å². The molecule has 8 heteroatoms. The fourth-order valence-electron chi connectivity index (χ4n) is 2.19. The molecule has 2 rings (SSSR count). The van der Waals surface area contributed by atoms with Gasteiger partial charge >= 0.3 is 5.97 Å². The standard InChI is InChI=1S/C18H20ClNO5S/c1-12-4-6-16(8-13(12)2)26(22,23)20-10-18(21)25-11-14-9-15(19)5-7-17(14)24-3/h4-9,20H,10-11H2,1-3H3. The van der Waals surface area contributed by atoms with Crippen molar-refractivity contribution in [3.05, 3.63) is 58.1 Å². The van der Waals surface area contributed by atoms with E-state index in [0.717, 1.165) is 11.1 Å². The van der Waals surface area contributed by atoms with Crippen LogP contribution in [0.4, 0.5) is 0 Å². The molecule has 140 valence electrons. The Kier molecular flexibility index (Phi) is 6.63. The number of carbonyl (C=O) groups is 1. The van der Waals surface area contributed by atoms with Crippen LogP contribution in [0.5, 0.6) is 5.75 Å². The van der Waals surface area contributed by atoms with Crippen LogP contribution >= 0.6 is 11.6 Å². The fourth-order valence-corrected chi connectivity index (χ4v) is 3.44. The number of hydrogen-bond acceptors (Lipinski definition) is 5. The van der Waals surface area contributed by atoms with Crippen LogP contribution in [0.1, 0.15) is 16.7 Å². The lowest BCUT2D eigenvalue weighted by Gasteiger charge is -2.11. The number of ether oxygens (including phenoxy) is 2. The van der Waals surface area contributed by atoms with Crippen molar-refractivity contribution < 1.29 is 22.7 Å². The van der Waals surface area contributed by atoms with Crippen molar-refractivity contribution in [1.82, 2.24) is 4.72 Å². The molecule has 0 bridgehead atoms. The van der Waals surface area contributed by atoms with Crippen LogP contribution < -0.4 is 9.46 Å². The summed E-state index contributed by atoms with van der Waals surface area (Å²) in [6.07, 6.45) is 0. The van der Waals surface area contributed by atoms with Gasteiger partial charge in [-0.25, -0.2) is 8.42 Å². The lowest BCUT2D eigenvalue weighted by Crippen LogP contribution is -2.30. The molecule has 0 fully saturated rings. The van der Waals surface area contributed by atoms with Crippen molar-refractivity contribution >= 4 is 27.6 Å². The first-order valence-corrected chi connectivity index (χ1v) is 9.64. The first-order valence-electron chi connectivity index (χ1n) is 7.78. The molecule has 0 heterocycles. The van der Waals surface area contributed by atoms with Gasteiger partial charge in [-0.1, -0.05) is 17.7 Å². The molecule has 0 aliphatic heterocycles. The first kappa shape index (κ1) is 20.2. The first-order chi connectivity index (χ1) is 12.2. The summed E-state index contributed by atoms with van der Waals surface area (Å²) in [6, 6.07) is 9.70. The summed E-state index contributed by atoms with van der Waals surface area (Å²) in [5, 5.41) is 0.479. The molecule has 0 radical (unpaired) electrons. The van der Waals surface area contributed by atoms with Crippen LogP contribution in [-0.4, -0.2) is 28.0 Å². The van der Waals surface area contributed by atoms with E-state index in [0.29, 0.717) is 16.3 Å². The maximum absolute atomic E-state index is 12.3. The molecule has 0 aliphatic rings. The van der Waals surface area contributed by atoms with E-state index in [1.807, 2.05) is 13.8 Å². The van der Waals surface area contributed by atoms with Crippen LogP contribution in [0.3, 0.4) is 0 Å². The van der Waals surface area contributed by atoms with E-state index in [-0.39, 0.29) is 11.5 Å². The molecule has 1 N–H and O–H groups in total. The second-order valence-corrected chi connectivity index (χ2v) is 7.89. The number of nitrogens with one attached hydrogen (secondary N) is 1. The number of sulfonamides is 1. The van der Waals surface area contributed by atoms with Gasteiger partial charge in [-0.2, -0.15) is 4.72 Å². The van der Waals surface area contributed by atoms with Crippen molar-refractivity contribution in [1.29, 1.82) is 0 Å². The highest BCUT2D eigenvalue weighted by Crippen LogP contribution is 2.23. The molecule has 0 atom stereocenters. The molecule has 2 aromatic rings. The molecule has 6 nitrogen and oxygen atoms in total. The predicted molar refractivity (Wildman–Crippen MR) is 98.9 cm³/mol. The average Bonchev–Trinajstić information content (AvgIpc) is 2.60. The number of carbonyl (C=O) groups excluding carboxylic acids is 1. The van der Waals surface area contributed by atoms with Gasteiger partial charge in [-0.3, -0.25) is 4.79 Å². The van der Waals surface area contributed by atoms with Crippen molar-refractivity contribution in [2.24, 2.45) is 0 Å². The maximum atomic E-state index is 12.3. The van der Waals surface area contributed by atoms with Crippen LogP contribution in [0, 0.1) is 13.8 Å². The van der Waals surface area contributed by atoms with Gasteiger partial charge in [-0.05, 0) is 55.3 Å². The highest BCUT2D eigenvalue weighted by atomic mass is 35.5. The lowest BCUT2D eigenvalue weighted by atomic mass is 10.1. The van der Waals surface area contributed by atoms with E-state index in [9.17, 15) is 13.2 Å². The van der Waals surface area contributed by atoms with E-state index in [1.165, 1.54) is 13.2 Å². The molecule has 0 saturated carbocycles. The summed E-state index contributed by atoms with van der Waals surface area (Å²) in [6.45, 7) is 3.16. The summed E-state index contributed by atoms with van der Waals surface area (Å²) < 4.78 is 37.0. The van der Waals surface area contributed by atoms with Crippen molar-refractivity contribution in [3.63, 3.8) is 0 Å². The van der Waals surface area contributed by atoms with E-state index in [4.69, 9.17) is 21.1 Å². The van der Waals surface area contributed by atoms with Crippen LogP contribution in [0.15, 0.2) is 41.3 Å². The number of esters is 1. The molecule has 26 heavy (non-hydrogen) atoms. The van der Waals surface area contributed by atoms with Gasteiger partial charge in [0, 0.05) is 10.6 Å². The number of rotatable bonds is 7. The summed E-state index contributed by atoms with van der Waals surface area (Å²) in [5.74, 6) is -0.183. The molecule has 0 amide bonds. The summed E-state index contributed by atoms with van der Waals surface area (Å²) >= 11 is 5.91. The van der Waals surface area contributed by atoms with Gasteiger partial charge < -0.3 is 9.47 Å². The van der Waals surface area contributed by atoms with Crippen LogP contribution in [0.2, 0.25) is 5.02 Å². The van der Waals surface area contributed by atoms with E-state index >= 15 is 0 Å². The summed E-state index contributed by atoms with van der Waals surface area (Å²) in [7, 11) is -2.30. The molecule has 0 unspecified atom stereocenters. The molecule has 0 saturated heterocycles. The number of halogens is 1. The summed E-state index contributed by atoms with van der Waals surface area (Å²) in [4.78, 5) is 12.0. The van der Waals surface area contributed by atoms with Gasteiger partial charge in [0.25, 0.3) is 0 Å². The van der Waals surface area contributed by atoms with Gasteiger partial charge in [-0.15, -0.1) is 0 Å². The Balaban J connectivity index is 1.96.